The summed E-state index contributed by atoms with van der Waals surface area (Å²) in [6.45, 7) is 4.34. The minimum Gasteiger partial charge on any atom is -0.368 e. The van der Waals surface area contributed by atoms with Crippen molar-refractivity contribution in [2.75, 3.05) is 42.1 Å². The van der Waals surface area contributed by atoms with Crippen LogP contribution in [-0.2, 0) is 0 Å². The topological polar surface area (TPSA) is 116 Å². The number of imidazole rings is 1. The molecule has 1 saturated heterocycles. The first kappa shape index (κ1) is 21.0. The second-order valence-corrected chi connectivity index (χ2v) is 8.41. The molecule has 2 aromatic carbocycles. The van der Waals surface area contributed by atoms with E-state index >= 15 is 0 Å². The molecule has 0 unspecified atom stereocenters. The molecular formula is C23H23ClN8O. The summed E-state index contributed by atoms with van der Waals surface area (Å²) in [5, 5.41) is 3.62. The average Bonchev–Trinajstić information content (AvgIpc) is 3.23. The SMILES string of the molecule is Cc1cccc(NC(=O)N2CCN(c3nc(N)nc4nc(-c5ccc(Cl)cc5)[nH]c34)CC2)c1. The lowest BCUT2D eigenvalue weighted by molar-refractivity contribution is 0.208. The van der Waals surface area contributed by atoms with Crippen LogP contribution in [0.4, 0.5) is 22.2 Å². The largest absolute Gasteiger partial charge is 0.368 e. The molecule has 2 amide bonds. The fourth-order valence-corrected chi connectivity index (χ4v) is 4.04. The molecule has 10 heteroatoms. The van der Waals surface area contributed by atoms with Gasteiger partial charge in [0.1, 0.15) is 11.3 Å². The molecule has 0 atom stereocenters. The summed E-state index contributed by atoms with van der Waals surface area (Å²) in [5.41, 5.74) is 9.97. The number of nitrogens with two attached hydrogens (primary N) is 1. The zero-order chi connectivity index (χ0) is 22.9. The third-order valence-electron chi connectivity index (χ3n) is 5.60. The van der Waals surface area contributed by atoms with Crippen molar-refractivity contribution in [3.05, 3.63) is 59.1 Å². The van der Waals surface area contributed by atoms with E-state index in [1.807, 2.05) is 55.5 Å². The Morgan fingerprint density at radius 3 is 2.55 bits per heavy atom. The number of halogens is 1. The van der Waals surface area contributed by atoms with E-state index in [4.69, 9.17) is 17.3 Å². The summed E-state index contributed by atoms with van der Waals surface area (Å²) in [7, 11) is 0. The number of benzene rings is 2. The highest BCUT2D eigenvalue weighted by Crippen LogP contribution is 2.28. The third kappa shape index (κ3) is 4.40. The molecular weight excluding hydrogens is 440 g/mol. The molecule has 33 heavy (non-hydrogen) atoms. The van der Waals surface area contributed by atoms with Gasteiger partial charge in [-0.3, -0.25) is 0 Å². The zero-order valence-corrected chi connectivity index (χ0v) is 18.8. The highest BCUT2D eigenvalue weighted by atomic mass is 35.5. The van der Waals surface area contributed by atoms with Crippen LogP contribution in [0.15, 0.2) is 48.5 Å². The normalized spacial score (nSPS) is 14.0. The maximum Gasteiger partial charge on any atom is 0.321 e. The fraction of sp³-hybridized carbons (Fsp3) is 0.217. The number of aromatic amines is 1. The Kier molecular flexibility index (Phi) is 5.47. The van der Waals surface area contributed by atoms with E-state index in [1.165, 1.54) is 0 Å². The Bertz CT molecular complexity index is 1310. The van der Waals surface area contributed by atoms with Gasteiger partial charge in [-0.15, -0.1) is 0 Å². The van der Waals surface area contributed by atoms with Crippen molar-refractivity contribution in [1.29, 1.82) is 0 Å². The van der Waals surface area contributed by atoms with Crippen molar-refractivity contribution in [3.63, 3.8) is 0 Å². The van der Waals surface area contributed by atoms with Gasteiger partial charge in [-0.05, 0) is 48.9 Å². The molecule has 0 saturated carbocycles. The van der Waals surface area contributed by atoms with Crippen LogP contribution in [0.2, 0.25) is 5.02 Å². The van der Waals surface area contributed by atoms with Crippen LogP contribution < -0.4 is 16.0 Å². The molecule has 1 aliphatic rings. The van der Waals surface area contributed by atoms with E-state index in [2.05, 4.69) is 30.2 Å². The molecule has 1 fully saturated rings. The number of fused-ring (bicyclic) bond motifs is 1. The van der Waals surface area contributed by atoms with Crippen molar-refractivity contribution in [1.82, 2.24) is 24.8 Å². The lowest BCUT2D eigenvalue weighted by Crippen LogP contribution is -2.50. The molecule has 0 radical (unpaired) electrons. The van der Waals surface area contributed by atoms with Gasteiger partial charge in [0.05, 0.1) is 0 Å². The number of anilines is 3. The maximum absolute atomic E-state index is 12.7. The van der Waals surface area contributed by atoms with Crippen molar-refractivity contribution >= 4 is 46.2 Å². The van der Waals surface area contributed by atoms with Gasteiger partial charge in [0, 0.05) is 42.5 Å². The molecule has 4 N–H and O–H groups in total. The Hall–Kier alpha value is -3.85. The van der Waals surface area contributed by atoms with Gasteiger partial charge in [0.2, 0.25) is 5.95 Å². The lowest BCUT2D eigenvalue weighted by atomic mass is 10.2. The predicted molar refractivity (Wildman–Crippen MR) is 131 cm³/mol. The molecule has 1 aliphatic heterocycles. The number of carbonyl (C=O) groups is 1. The van der Waals surface area contributed by atoms with Crippen molar-refractivity contribution < 1.29 is 4.79 Å². The van der Waals surface area contributed by atoms with Crippen molar-refractivity contribution in [2.45, 2.75) is 6.92 Å². The van der Waals surface area contributed by atoms with E-state index in [9.17, 15) is 4.79 Å². The van der Waals surface area contributed by atoms with Gasteiger partial charge < -0.3 is 25.8 Å². The quantitative estimate of drug-likeness (QED) is 0.425. The minimum absolute atomic E-state index is 0.112. The van der Waals surface area contributed by atoms with Gasteiger partial charge >= 0.3 is 6.03 Å². The number of hydrogen-bond donors (Lipinski definition) is 3. The molecule has 9 nitrogen and oxygen atoms in total. The number of piperazine rings is 1. The molecule has 2 aromatic heterocycles. The van der Waals surface area contributed by atoms with Crippen molar-refractivity contribution in [2.24, 2.45) is 0 Å². The van der Waals surface area contributed by atoms with Crippen LogP contribution in [0.1, 0.15) is 5.56 Å². The summed E-state index contributed by atoms with van der Waals surface area (Å²) >= 11 is 6.00. The van der Waals surface area contributed by atoms with Crippen LogP contribution in [0.3, 0.4) is 0 Å². The molecule has 0 aliphatic carbocycles. The Morgan fingerprint density at radius 1 is 1.06 bits per heavy atom. The lowest BCUT2D eigenvalue weighted by Gasteiger charge is -2.35. The fourth-order valence-electron chi connectivity index (χ4n) is 3.92. The first-order valence-electron chi connectivity index (χ1n) is 10.6. The Labute approximate surface area is 195 Å². The minimum atomic E-state index is -0.112. The number of carbonyl (C=O) groups excluding carboxylic acids is 1. The number of aryl methyl sites for hydroxylation is 1. The average molecular weight is 463 g/mol. The molecule has 3 heterocycles. The second-order valence-electron chi connectivity index (χ2n) is 7.97. The Morgan fingerprint density at radius 2 is 1.82 bits per heavy atom. The summed E-state index contributed by atoms with van der Waals surface area (Å²) < 4.78 is 0. The van der Waals surface area contributed by atoms with Crippen LogP contribution >= 0.6 is 11.6 Å². The maximum atomic E-state index is 12.7. The molecule has 168 valence electrons. The summed E-state index contributed by atoms with van der Waals surface area (Å²) in [6.07, 6.45) is 0. The van der Waals surface area contributed by atoms with Gasteiger partial charge in [-0.1, -0.05) is 23.7 Å². The first-order chi connectivity index (χ1) is 16.0. The van der Waals surface area contributed by atoms with Crippen LogP contribution in [0.5, 0.6) is 0 Å². The van der Waals surface area contributed by atoms with E-state index in [-0.39, 0.29) is 12.0 Å². The monoisotopic (exact) mass is 462 g/mol. The van der Waals surface area contributed by atoms with Crippen molar-refractivity contribution in [3.8, 4) is 11.4 Å². The highest BCUT2D eigenvalue weighted by molar-refractivity contribution is 6.30. The van der Waals surface area contributed by atoms with E-state index in [0.29, 0.717) is 54.0 Å². The van der Waals surface area contributed by atoms with E-state index in [0.717, 1.165) is 16.8 Å². The number of H-pyrrole nitrogens is 1. The molecule has 0 spiro atoms. The smallest absolute Gasteiger partial charge is 0.321 e. The standard InChI is InChI=1S/C23H23ClN8O/c1-14-3-2-4-17(13-14)26-23(33)32-11-9-31(10-12-32)21-18-20(29-22(25)30-21)28-19(27-18)15-5-7-16(24)8-6-15/h2-8,13H,9-12H2,1H3,(H,26,33)(H3,25,27,28,29,30). The number of hydrogen-bond acceptors (Lipinski definition) is 6. The van der Waals surface area contributed by atoms with Gasteiger partial charge in [-0.2, -0.15) is 9.97 Å². The second kappa shape index (κ2) is 8.59. The number of rotatable bonds is 3. The van der Waals surface area contributed by atoms with Gasteiger partial charge in [0.15, 0.2) is 11.5 Å². The number of aromatic nitrogens is 4. The number of nitrogens with zero attached hydrogens (tertiary/aromatic N) is 5. The predicted octanol–water partition coefficient (Wildman–Crippen LogP) is 3.92. The number of urea groups is 1. The van der Waals surface area contributed by atoms with Gasteiger partial charge in [0.25, 0.3) is 0 Å². The highest BCUT2D eigenvalue weighted by Gasteiger charge is 2.25. The summed E-state index contributed by atoms with van der Waals surface area (Å²) in [6, 6.07) is 15.1. The van der Waals surface area contributed by atoms with Crippen LogP contribution in [0.25, 0.3) is 22.6 Å². The molecule has 0 bridgehead atoms. The van der Waals surface area contributed by atoms with Crippen LogP contribution in [-0.4, -0.2) is 57.0 Å². The Balaban J connectivity index is 1.33. The van der Waals surface area contributed by atoms with E-state index < -0.39 is 0 Å². The molecule has 4 aromatic rings. The number of nitrogens with one attached hydrogen (secondary N) is 2. The molecule has 5 rings (SSSR count). The van der Waals surface area contributed by atoms with Crippen LogP contribution in [0, 0.1) is 6.92 Å². The number of amides is 2. The third-order valence-corrected chi connectivity index (χ3v) is 5.85. The summed E-state index contributed by atoms with van der Waals surface area (Å²) in [5.74, 6) is 1.51. The first-order valence-corrected chi connectivity index (χ1v) is 11.0. The number of nitrogen functional groups attached to an aromatic ring is 1. The van der Waals surface area contributed by atoms with E-state index in [1.54, 1.807) is 4.90 Å². The summed E-state index contributed by atoms with van der Waals surface area (Å²) in [4.78, 5) is 33.3. The zero-order valence-electron chi connectivity index (χ0n) is 18.0. The van der Waals surface area contributed by atoms with Gasteiger partial charge in [-0.25, -0.2) is 9.78 Å².